The summed E-state index contributed by atoms with van der Waals surface area (Å²) in [6.45, 7) is 17.4. The lowest BCUT2D eigenvalue weighted by molar-refractivity contribution is 0.828. The molecule has 2 N–H and O–H groups in total. The molecule has 178 valence electrons. The van der Waals surface area contributed by atoms with Crippen LogP contribution < -0.4 is 0 Å². The van der Waals surface area contributed by atoms with E-state index in [9.17, 15) is 0 Å². The number of hydrogen-bond donors (Lipinski definition) is 2. The van der Waals surface area contributed by atoms with Crippen molar-refractivity contribution in [1.82, 2.24) is 4.98 Å². The summed E-state index contributed by atoms with van der Waals surface area (Å²) in [6, 6.07) is 18.4. The smallest absolute Gasteiger partial charge is 0.0893 e. The topological polar surface area (TPSA) is 60.6 Å². The van der Waals surface area contributed by atoms with Crippen LogP contribution in [0.25, 0.3) is 0 Å². The minimum atomic E-state index is 0.307. The van der Waals surface area contributed by atoms with Gasteiger partial charge in [0, 0.05) is 11.1 Å². The predicted octanol–water partition coefficient (Wildman–Crippen LogP) is 8.41. The fourth-order valence-electron chi connectivity index (χ4n) is 4.65. The number of hydrogen-bond acceptors (Lipinski definition) is 3. The maximum absolute atomic E-state index is 9.17. The number of aromatic nitrogens is 1. The van der Waals surface area contributed by atoms with E-state index < -0.39 is 0 Å². The van der Waals surface area contributed by atoms with Crippen molar-refractivity contribution >= 4 is 11.4 Å². The van der Waals surface area contributed by atoms with E-state index in [1.165, 1.54) is 22.3 Å². The third-order valence-corrected chi connectivity index (χ3v) is 6.51. The van der Waals surface area contributed by atoms with E-state index in [1.54, 1.807) is 0 Å². The predicted molar refractivity (Wildman–Crippen MR) is 145 cm³/mol. The molecule has 2 aromatic carbocycles. The summed E-state index contributed by atoms with van der Waals surface area (Å²) in [5.41, 5.74) is 8.75. The Bertz CT molecular complexity index is 1060. The van der Waals surface area contributed by atoms with Gasteiger partial charge in [0.1, 0.15) is 0 Å². The Kier molecular flexibility index (Phi) is 7.86. The van der Waals surface area contributed by atoms with Crippen LogP contribution in [0.3, 0.4) is 0 Å². The number of pyridine rings is 1. The highest BCUT2D eigenvalue weighted by molar-refractivity contribution is 6.14. The highest BCUT2D eigenvalue weighted by atomic mass is 14.8. The van der Waals surface area contributed by atoms with Crippen molar-refractivity contribution < 1.29 is 0 Å². The fraction of sp³-hybridized carbons (Fsp3) is 0.387. The van der Waals surface area contributed by atoms with Crippen LogP contribution in [0.4, 0.5) is 0 Å². The first-order valence-corrected chi connectivity index (χ1v) is 12.5. The number of rotatable bonds is 8. The number of nitrogens with zero attached hydrogens (tertiary/aromatic N) is 1. The highest BCUT2D eigenvalue weighted by Gasteiger charge is 2.22. The minimum Gasteiger partial charge on any atom is -0.298 e. The largest absolute Gasteiger partial charge is 0.298 e. The molecule has 0 atom stereocenters. The molecule has 0 aliphatic carbocycles. The van der Waals surface area contributed by atoms with Gasteiger partial charge in [-0.1, -0.05) is 97.9 Å². The molecule has 0 bridgehead atoms. The van der Waals surface area contributed by atoms with Crippen molar-refractivity contribution in [3.63, 3.8) is 0 Å². The second kappa shape index (κ2) is 10.5. The molecule has 0 aliphatic heterocycles. The Morgan fingerprint density at radius 3 is 1.03 bits per heavy atom. The average Bonchev–Trinajstić information content (AvgIpc) is 2.81. The molecule has 0 unspecified atom stereocenters. The number of benzene rings is 2. The molecule has 0 amide bonds. The van der Waals surface area contributed by atoms with Crippen molar-refractivity contribution in [2.24, 2.45) is 0 Å². The quantitative estimate of drug-likeness (QED) is 0.330. The lowest BCUT2D eigenvalue weighted by atomic mass is 9.84. The third-order valence-electron chi connectivity index (χ3n) is 6.51. The molecule has 1 aromatic heterocycles. The molecule has 3 heteroatoms. The second-order valence-electron chi connectivity index (χ2n) is 10.4. The molecule has 3 aromatic rings. The van der Waals surface area contributed by atoms with Gasteiger partial charge in [0.2, 0.25) is 0 Å². The average molecular weight is 454 g/mol. The van der Waals surface area contributed by atoms with Crippen LogP contribution in [0.5, 0.6) is 0 Å². The van der Waals surface area contributed by atoms with Crippen molar-refractivity contribution in [3.8, 4) is 0 Å². The second-order valence-corrected chi connectivity index (χ2v) is 10.4. The Morgan fingerprint density at radius 1 is 0.500 bits per heavy atom. The number of nitrogens with one attached hydrogen (secondary N) is 2. The summed E-state index contributed by atoms with van der Waals surface area (Å²) in [5.74, 6) is 1.23. The first-order valence-electron chi connectivity index (χ1n) is 12.5. The Morgan fingerprint density at radius 2 is 0.765 bits per heavy atom. The van der Waals surface area contributed by atoms with Gasteiger partial charge in [-0.15, -0.1) is 0 Å². The Labute approximate surface area is 205 Å². The molecular formula is C31H39N3. The maximum Gasteiger partial charge on any atom is 0.0893 e. The molecule has 0 aliphatic rings. The van der Waals surface area contributed by atoms with E-state index in [1.807, 2.05) is 18.2 Å². The molecule has 3 nitrogen and oxygen atoms in total. The molecule has 1 heterocycles. The molecule has 0 fully saturated rings. The van der Waals surface area contributed by atoms with Gasteiger partial charge in [0.25, 0.3) is 0 Å². The monoisotopic (exact) mass is 453 g/mol. The molecule has 34 heavy (non-hydrogen) atoms. The van der Waals surface area contributed by atoms with Gasteiger partial charge in [-0.2, -0.15) is 0 Å². The van der Waals surface area contributed by atoms with E-state index >= 15 is 0 Å². The third kappa shape index (κ3) is 5.04. The van der Waals surface area contributed by atoms with Crippen LogP contribution in [-0.2, 0) is 0 Å². The van der Waals surface area contributed by atoms with E-state index in [0.29, 0.717) is 46.5 Å². The summed E-state index contributed by atoms with van der Waals surface area (Å²) >= 11 is 0. The highest BCUT2D eigenvalue weighted by Crippen LogP contribution is 2.31. The van der Waals surface area contributed by atoms with Gasteiger partial charge < -0.3 is 0 Å². The Balaban J connectivity index is 2.14. The summed E-state index contributed by atoms with van der Waals surface area (Å²) in [7, 11) is 0. The van der Waals surface area contributed by atoms with Crippen LogP contribution in [0.1, 0.15) is 124 Å². The Hall–Kier alpha value is -3.07. The van der Waals surface area contributed by atoms with Crippen LogP contribution in [0, 0.1) is 10.8 Å². The van der Waals surface area contributed by atoms with Crippen molar-refractivity contribution in [2.45, 2.75) is 79.1 Å². The maximum atomic E-state index is 9.17. The van der Waals surface area contributed by atoms with Crippen LogP contribution in [0.15, 0.2) is 54.6 Å². The molecule has 0 spiro atoms. The zero-order chi connectivity index (χ0) is 25.2. The molecule has 0 saturated heterocycles. The van der Waals surface area contributed by atoms with Gasteiger partial charge in [-0.3, -0.25) is 10.8 Å². The van der Waals surface area contributed by atoms with Crippen LogP contribution in [0.2, 0.25) is 0 Å². The lowest BCUT2D eigenvalue weighted by Gasteiger charge is -2.21. The van der Waals surface area contributed by atoms with Crippen molar-refractivity contribution in [2.75, 3.05) is 0 Å². The summed E-state index contributed by atoms with van der Waals surface area (Å²) in [5, 5.41) is 18.3. The first-order chi connectivity index (χ1) is 16.0. The van der Waals surface area contributed by atoms with E-state index in [2.05, 4.69) is 91.8 Å². The standard InChI is InChI=1S/C31H39N3/c1-18(2)22-12-9-13-23(19(3)4)28(22)30(32)26-16-11-17-27(34-26)31(33)29-24(20(5)6)14-10-15-25(29)21(7)8/h9-21,32-33H,1-8H3. The van der Waals surface area contributed by atoms with Gasteiger partial charge in [-0.25, -0.2) is 4.98 Å². The van der Waals surface area contributed by atoms with Crippen molar-refractivity contribution in [1.29, 1.82) is 10.8 Å². The molecule has 3 rings (SSSR count). The lowest BCUT2D eigenvalue weighted by Crippen LogP contribution is -2.16. The zero-order valence-electron chi connectivity index (χ0n) is 22.0. The van der Waals surface area contributed by atoms with E-state index in [0.717, 1.165) is 11.1 Å². The molecular weight excluding hydrogens is 414 g/mol. The molecule has 0 radical (unpaired) electrons. The van der Waals surface area contributed by atoms with E-state index in [4.69, 9.17) is 15.8 Å². The van der Waals surface area contributed by atoms with Crippen LogP contribution in [-0.4, -0.2) is 16.4 Å². The van der Waals surface area contributed by atoms with Gasteiger partial charge in [0.05, 0.1) is 22.8 Å². The van der Waals surface area contributed by atoms with Crippen LogP contribution >= 0.6 is 0 Å². The van der Waals surface area contributed by atoms with Crippen molar-refractivity contribution in [3.05, 3.63) is 99.4 Å². The normalized spacial score (nSPS) is 11.6. The molecule has 0 saturated carbocycles. The summed E-state index contributed by atoms with van der Waals surface area (Å²) in [6.07, 6.45) is 0. The summed E-state index contributed by atoms with van der Waals surface area (Å²) < 4.78 is 0. The van der Waals surface area contributed by atoms with Gasteiger partial charge in [0.15, 0.2) is 0 Å². The first kappa shape index (κ1) is 25.6. The zero-order valence-corrected chi connectivity index (χ0v) is 22.0. The SMILES string of the molecule is CC(C)c1cccc(C(C)C)c1C(=N)c1cccc(C(=N)c2c(C(C)C)cccc2C(C)C)n1. The minimum absolute atomic E-state index is 0.307. The van der Waals surface area contributed by atoms with Gasteiger partial charge in [-0.05, 0) is 58.1 Å². The summed E-state index contributed by atoms with van der Waals surface area (Å²) in [4.78, 5) is 4.88. The van der Waals surface area contributed by atoms with E-state index in [-0.39, 0.29) is 0 Å². The fourth-order valence-corrected chi connectivity index (χ4v) is 4.65. The van der Waals surface area contributed by atoms with Gasteiger partial charge >= 0.3 is 0 Å².